The van der Waals surface area contributed by atoms with Crippen molar-refractivity contribution in [3.05, 3.63) is 63.0 Å². The molecule has 0 fully saturated rings. The Labute approximate surface area is 167 Å². The second kappa shape index (κ2) is 9.98. The molecule has 6 nitrogen and oxygen atoms in total. The van der Waals surface area contributed by atoms with Crippen LogP contribution in [0.4, 0.5) is 0 Å². The number of ether oxygens (including phenoxy) is 2. The lowest BCUT2D eigenvalue weighted by molar-refractivity contribution is -0.128. The van der Waals surface area contributed by atoms with Crippen molar-refractivity contribution in [1.82, 2.24) is 10.9 Å². The van der Waals surface area contributed by atoms with Crippen molar-refractivity contribution in [3.63, 3.8) is 0 Å². The molecule has 2 amide bonds. The highest BCUT2D eigenvalue weighted by Gasteiger charge is 2.06. The molecule has 0 heterocycles. The van der Waals surface area contributed by atoms with Gasteiger partial charge in [-0.15, -0.1) is 0 Å². The molecule has 8 heteroatoms. The third kappa shape index (κ3) is 6.53. The molecule has 0 aliphatic rings. The summed E-state index contributed by atoms with van der Waals surface area (Å²) in [5.41, 5.74) is 5.39. The molecule has 0 unspecified atom stereocenters. The minimum absolute atomic E-state index is 0.233. The van der Waals surface area contributed by atoms with Crippen LogP contribution in [0, 0.1) is 0 Å². The Morgan fingerprint density at radius 3 is 2.46 bits per heavy atom. The van der Waals surface area contributed by atoms with Crippen molar-refractivity contribution >= 4 is 49.8 Å². The van der Waals surface area contributed by atoms with Crippen LogP contribution in [0.5, 0.6) is 11.5 Å². The van der Waals surface area contributed by atoms with Crippen molar-refractivity contribution in [1.29, 1.82) is 0 Å². The van der Waals surface area contributed by atoms with Crippen molar-refractivity contribution in [2.24, 2.45) is 0 Å². The molecule has 0 saturated heterocycles. The number of nitrogens with one attached hydrogen (secondary N) is 2. The van der Waals surface area contributed by atoms with Gasteiger partial charge >= 0.3 is 0 Å². The first kappa shape index (κ1) is 20.0. The third-order valence-electron chi connectivity index (χ3n) is 3.12. The SMILES string of the molecule is COc1ccc(C=CC(=O)NNC(=O)COc2ccc(Br)cc2Br)cc1. The lowest BCUT2D eigenvalue weighted by Gasteiger charge is -2.09. The smallest absolute Gasteiger partial charge is 0.276 e. The maximum absolute atomic E-state index is 11.7. The molecule has 0 atom stereocenters. The van der Waals surface area contributed by atoms with Crippen molar-refractivity contribution < 1.29 is 19.1 Å². The van der Waals surface area contributed by atoms with Crippen LogP contribution in [0.15, 0.2) is 57.5 Å². The largest absolute Gasteiger partial charge is 0.497 e. The molecule has 2 N–H and O–H groups in total. The Morgan fingerprint density at radius 2 is 1.81 bits per heavy atom. The number of halogens is 2. The highest BCUT2D eigenvalue weighted by molar-refractivity contribution is 9.11. The van der Waals surface area contributed by atoms with E-state index in [1.54, 1.807) is 43.5 Å². The first-order chi connectivity index (χ1) is 12.5. The zero-order valence-electron chi connectivity index (χ0n) is 13.8. The van der Waals surface area contributed by atoms with E-state index in [1.807, 2.05) is 12.1 Å². The van der Waals surface area contributed by atoms with E-state index in [-0.39, 0.29) is 6.61 Å². The molecule has 0 aliphatic heterocycles. The van der Waals surface area contributed by atoms with Crippen LogP contribution < -0.4 is 20.3 Å². The van der Waals surface area contributed by atoms with E-state index in [0.717, 1.165) is 15.8 Å². The van der Waals surface area contributed by atoms with Gasteiger partial charge in [0.2, 0.25) is 0 Å². The monoisotopic (exact) mass is 482 g/mol. The fourth-order valence-corrected chi connectivity index (χ4v) is 2.99. The number of amides is 2. The third-order valence-corrected chi connectivity index (χ3v) is 4.23. The van der Waals surface area contributed by atoms with Gasteiger partial charge in [-0.1, -0.05) is 28.1 Å². The second-order valence-electron chi connectivity index (χ2n) is 5.01. The summed E-state index contributed by atoms with van der Waals surface area (Å²) in [6.07, 6.45) is 2.94. The van der Waals surface area contributed by atoms with Crippen molar-refractivity contribution in [2.45, 2.75) is 0 Å². The number of rotatable bonds is 6. The van der Waals surface area contributed by atoms with E-state index in [1.165, 1.54) is 6.08 Å². The summed E-state index contributed by atoms with van der Waals surface area (Å²) in [7, 11) is 1.58. The van der Waals surface area contributed by atoms with E-state index in [0.29, 0.717) is 10.2 Å². The van der Waals surface area contributed by atoms with Crippen LogP contribution in [0.2, 0.25) is 0 Å². The van der Waals surface area contributed by atoms with Crippen LogP contribution >= 0.6 is 31.9 Å². The summed E-state index contributed by atoms with van der Waals surface area (Å²) < 4.78 is 12.0. The lowest BCUT2D eigenvalue weighted by Crippen LogP contribution is -2.43. The fraction of sp³-hybridized carbons (Fsp3) is 0.111. The number of carbonyl (C=O) groups is 2. The minimum Gasteiger partial charge on any atom is -0.497 e. The summed E-state index contributed by atoms with van der Waals surface area (Å²) in [5, 5.41) is 0. The number of methoxy groups -OCH3 is 1. The summed E-state index contributed by atoms with van der Waals surface area (Å²) in [5.74, 6) is 0.315. The molecule has 0 saturated carbocycles. The fourth-order valence-electron chi connectivity index (χ4n) is 1.83. The molecule has 2 rings (SSSR count). The molecule has 2 aromatic rings. The molecule has 2 aromatic carbocycles. The molecule has 0 bridgehead atoms. The van der Waals surface area contributed by atoms with Crippen LogP contribution in [-0.2, 0) is 9.59 Å². The summed E-state index contributed by atoms with van der Waals surface area (Å²) in [6.45, 7) is -0.233. The Balaban J connectivity index is 1.75. The predicted octanol–water partition coefficient (Wildman–Crippen LogP) is 3.46. The molecular weight excluding hydrogens is 468 g/mol. The van der Waals surface area contributed by atoms with Gasteiger partial charge in [0.15, 0.2) is 6.61 Å². The van der Waals surface area contributed by atoms with Crippen LogP contribution in [0.3, 0.4) is 0 Å². The maximum Gasteiger partial charge on any atom is 0.276 e. The van der Waals surface area contributed by atoms with Gasteiger partial charge in [0.25, 0.3) is 11.8 Å². The number of hydrazine groups is 1. The molecule has 136 valence electrons. The van der Waals surface area contributed by atoms with Gasteiger partial charge in [-0.25, -0.2) is 0 Å². The Morgan fingerprint density at radius 1 is 1.08 bits per heavy atom. The van der Waals surface area contributed by atoms with Gasteiger partial charge in [-0.3, -0.25) is 20.4 Å². The average Bonchev–Trinajstić information content (AvgIpc) is 2.64. The van der Waals surface area contributed by atoms with E-state index in [2.05, 4.69) is 42.7 Å². The normalized spacial score (nSPS) is 10.4. The first-order valence-electron chi connectivity index (χ1n) is 7.47. The minimum atomic E-state index is -0.481. The molecule has 0 aliphatic carbocycles. The number of hydrogen-bond acceptors (Lipinski definition) is 4. The Kier molecular flexibility index (Phi) is 7.68. The van der Waals surface area contributed by atoms with Gasteiger partial charge in [0.05, 0.1) is 11.6 Å². The van der Waals surface area contributed by atoms with Crippen LogP contribution in [0.25, 0.3) is 6.08 Å². The van der Waals surface area contributed by atoms with Gasteiger partial charge in [0, 0.05) is 10.5 Å². The Hall–Kier alpha value is -2.32. The zero-order chi connectivity index (χ0) is 18.9. The zero-order valence-corrected chi connectivity index (χ0v) is 17.0. The first-order valence-corrected chi connectivity index (χ1v) is 9.05. The van der Waals surface area contributed by atoms with E-state index in [9.17, 15) is 9.59 Å². The highest BCUT2D eigenvalue weighted by Crippen LogP contribution is 2.28. The predicted molar refractivity (Wildman–Crippen MR) is 106 cm³/mol. The van der Waals surface area contributed by atoms with Crippen LogP contribution in [-0.4, -0.2) is 25.5 Å². The molecular formula is C18H16Br2N2O4. The maximum atomic E-state index is 11.7. The van der Waals surface area contributed by atoms with E-state index in [4.69, 9.17) is 9.47 Å². The molecule has 0 radical (unpaired) electrons. The molecule has 0 aromatic heterocycles. The number of benzene rings is 2. The summed E-state index contributed by atoms with van der Waals surface area (Å²) in [4.78, 5) is 23.4. The Bertz CT molecular complexity index is 807. The van der Waals surface area contributed by atoms with Crippen molar-refractivity contribution in [3.8, 4) is 11.5 Å². The van der Waals surface area contributed by atoms with Crippen LogP contribution in [0.1, 0.15) is 5.56 Å². The highest BCUT2D eigenvalue weighted by atomic mass is 79.9. The van der Waals surface area contributed by atoms with Crippen molar-refractivity contribution in [2.75, 3.05) is 13.7 Å². The van der Waals surface area contributed by atoms with E-state index < -0.39 is 11.8 Å². The second-order valence-corrected chi connectivity index (χ2v) is 6.78. The lowest BCUT2D eigenvalue weighted by atomic mass is 10.2. The summed E-state index contributed by atoms with van der Waals surface area (Å²) in [6, 6.07) is 12.5. The number of carbonyl (C=O) groups excluding carboxylic acids is 2. The number of hydrogen-bond donors (Lipinski definition) is 2. The van der Waals surface area contributed by atoms with Gasteiger partial charge in [-0.2, -0.15) is 0 Å². The average molecular weight is 484 g/mol. The topological polar surface area (TPSA) is 76.7 Å². The quantitative estimate of drug-likeness (QED) is 0.487. The summed E-state index contributed by atoms with van der Waals surface area (Å²) >= 11 is 6.67. The van der Waals surface area contributed by atoms with Gasteiger partial charge in [-0.05, 0) is 57.9 Å². The van der Waals surface area contributed by atoms with Gasteiger partial charge in [0.1, 0.15) is 11.5 Å². The molecule has 0 spiro atoms. The standard InChI is InChI=1S/C18H16Br2N2O4/c1-25-14-6-2-12(3-7-14)4-9-17(23)21-22-18(24)11-26-16-8-5-13(19)10-15(16)20/h2-10H,11H2,1H3,(H,21,23)(H,22,24). The van der Waals surface area contributed by atoms with Gasteiger partial charge < -0.3 is 9.47 Å². The molecule has 26 heavy (non-hydrogen) atoms. The van der Waals surface area contributed by atoms with E-state index >= 15 is 0 Å².